The van der Waals surface area contributed by atoms with Crippen molar-refractivity contribution in [3.63, 3.8) is 0 Å². The van der Waals surface area contributed by atoms with E-state index in [1.54, 1.807) is 6.07 Å². The molecule has 24 heavy (non-hydrogen) atoms. The highest BCUT2D eigenvalue weighted by Gasteiger charge is 2.07. The van der Waals surface area contributed by atoms with Crippen LogP contribution in [-0.2, 0) is 16.1 Å². The molecule has 2 rings (SSSR count). The molecule has 0 heterocycles. The molecule has 0 aromatic heterocycles. The Morgan fingerprint density at radius 1 is 1.04 bits per heavy atom. The zero-order chi connectivity index (χ0) is 17.5. The average molecular weight is 334 g/mol. The number of ether oxygens (including phenoxy) is 3. The smallest absolute Gasteiger partial charge is 0.331 e. The molecule has 2 aromatic carbocycles. The van der Waals surface area contributed by atoms with E-state index in [-0.39, 0.29) is 12.4 Å². The van der Waals surface area contributed by atoms with Crippen LogP contribution in [0.15, 0.2) is 42.5 Å². The van der Waals surface area contributed by atoms with E-state index >= 15 is 0 Å². The molecule has 0 amide bonds. The van der Waals surface area contributed by atoms with Gasteiger partial charge in [0.1, 0.15) is 18.2 Å². The van der Waals surface area contributed by atoms with E-state index in [0.29, 0.717) is 16.9 Å². The molecule has 0 radical (unpaired) electrons. The first kappa shape index (κ1) is 17.5. The average Bonchev–Trinajstić information content (AvgIpc) is 2.58. The highest BCUT2D eigenvalue weighted by molar-refractivity contribution is 5.87. The number of carbonyl (C=O) groups excluding carboxylic acids is 1. The van der Waals surface area contributed by atoms with Crippen molar-refractivity contribution in [3.05, 3.63) is 65.2 Å². The Morgan fingerprint density at radius 3 is 2.42 bits per heavy atom. The van der Waals surface area contributed by atoms with Crippen molar-refractivity contribution in [1.29, 1.82) is 0 Å². The van der Waals surface area contributed by atoms with Crippen molar-refractivity contribution < 1.29 is 27.8 Å². The number of hydrogen-bond donors (Lipinski definition) is 0. The summed E-state index contributed by atoms with van der Waals surface area (Å²) in [6.45, 7) is -0.138. The largest absolute Gasteiger partial charge is 0.496 e. The number of hydrogen-bond acceptors (Lipinski definition) is 4. The molecule has 6 heteroatoms. The maximum absolute atomic E-state index is 13.5. The summed E-state index contributed by atoms with van der Waals surface area (Å²) in [5.74, 6) is -1.08. The Hall–Kier alpha value is -2.89. The lowest BCUT2D eigenvalue weighted by Crippen LogP contribution is -2.02. The summed E-state index contributed by atoms with van der Waals surface area (Å²) in [5.41, 5.74) is 0.892. The topological polar surface area (TPSA) is 44.8 Å². The number of halogens is 2. The highest BCUT2D eigenvalue weighted by Crippen LogP contribution is 2.21. The van der Waals surface area contributed by atoms with E-state index in [9.17, 15) is 13.6 Å². The van der Waals surface area contributed by atoms with Gasteiger partial charge >= 0.3 is 5.97 Å². The minimum atomic E-state index is -0.641. The van der Waals surface area contributed by atoms with Gasteiger partial charge in [-0.1, -0.05) is 6.07 Å². The summed E-state index contributed by atoms with van der Waals surface area (Å²) in [7, 11) is 2.81. The van der Waals surface area contributed by atoms with Crippen molar-refractivity contribution in [2.24, 2.45) is 0 Å². The van der Waals surface area contributed by atoms with Crippen LogP contribution in [0.3, 0.4) is 0 Å². The van der Waals surface area contributed by atoms with Crippen LogP contribution < -0.4 is 9.47 Å². The lowest BCUT2D eigenvalue weighted by atomic mass is 10.2. The fraction of sp³-hybridized carbons (Fsp3) is 0.167. The van der Waals surface area contributed by atoms with Gasteiger partial charge in [0.2, 0.25) is 0 Å². The third kappa shape index (κ3) is 4.55. The van der Waals surface area contributed by atoms with Crippen LogP contribution in [0.4, 0.5) is 8.78 Å². The maximum atomic E-state index is 13.5. The monoisotopic (exact) mass is 334 g/mol. The zero-order valence-electron chi connectivity index (χ0n) is 13.2. The van der Waals surface area contributed by atoms with Gasteiger partial charge < -0.3 is 14.2 Å². The Kier molecular flexibility index (Phi) is 5.89. The second kappa shape index (κ2) is 8.10. The van der Waals surface area contributed by atoms with Gasteiger partial charge in [0.25, 0.3) is 0 Å². The number of benzene rings is 2. The number of methoxy groups -OCH3 is 2. The van der Waals surface area contributed by atoms with Crippen LogP contribution in [0.5, 0.6) is 11.5 Å². The lowest BCUT2D eigenvalue weighted by molar-refractivity contribution is -0.138. The van der Waals surface area contributed by atoms with Gasteiger partial charge in [-0.2, -0.15) is 0 Å². The minimum Gasteiger partial charge on any atom is -0.496 e. The van der Waals surface area contributed by atoms with Gasteiger partial charge in [0.05, 0.1) is 14.2 Å². The third-order valence-electron chi connectivity index (χ3n) is 3.20. The minimum absolute atomic E-state index is 0.118. The molecule has 4 nitrogen and oxygen atoms in total. The number of esters is 1. The van der Waals surface area contributed by atoms with Crippen LogP contribution in [0.1, 0.15) is 11.1 Å². The molecule has 2 aromatic rings. The first-order chi connectivity index (χ1) is 11.5. The van der Waals surface area contributed by atoms with E-state index in [1.165, 1.54) is 50.6 Å². The number of carbonyl (C=O) groups is 1. The van der Waals surface area contributed by atoms with Gasteiger partial charge in [0, 0.05) is 11.6 Å². The Labute approximate surface area is 138 Å². The molecule has 0 bridgehead atoms. The molecule has 0 saturated carbocycles. The molecule has 0 atom stereocenters. The van der Waals surface area contributed by atoms with Crippen molar-refractivity contribution >= 4 is 12.0 Å². The molecule has 126 valence electrons. The van der Waals surface area contributed by atoms with Crippen molar-refractivity contribution in [2.45, 2.75) is 6.61 Å². The van der Waals surface area contributed by atoms with Gasteiger partial charge in [-0.25, -0.2) is 13.6 Å². The van der Waals surface area contributed by atoms with E-state index in [2.05, 4.69) is 0 Å². The third-order valence-corrected chi connectivity index (χ3v) is 3.20. The SMILES string of the molecule is COc1ccc(/C=C/C(=O)OCc2cc(F)ccc2OC)cc1F. The molecule has 0 fully saturated rings. The second-order valence-electron chi connectivity index (χ2n) is 4.79. The summed E-state index contributed by atoms with van der Waals surface area (Å²) >= 11 is 0. The standard InChI is InChI=1S/C18H16F2O4/c1-22-16-7-5-14(19)10-13(16)11-24-18(21)8-4-12-3-6-17(23-2)15(20)9-12/h3-10H,11H2,1-2H3/b8-4+. The molecule has 0 saturated heterocycles. The van der Waals surface area contributed by atoms with Crippen LogP contribution in [0.25, 0.3) is 6.08 Å². The molecule has 0 N–H and O–H groups in total. The van der Waals surface area contributed by atoms with Crippen LogP contribution in [0.2, 0.25) is 0 Å². The first-order valence-electron chi connectivity index (χ1n) is 7.04. The van der Waals surface area contributed by atoms with Crippen LogP contribution >= 0.6 is 0 Å². The predicted octanol–water partition coefficient (Wildman–Crippen LogP) is 3.74. The van der Waals surface area contributed by atoms with Crippen LogP contribution in [-0.4, -0.2) is 20.2 Å². The fourth-order valence-electron chi connectivity index (χ4n) is 2.01. The summed E-state index contributed by atoms with van der Waals surface area (Å²) in [4.78, 5) is 11.7. The first-order valence-corrected chi connectivity index (χ1v) is 7.04. The zero-order valence-corrected chi connectivity index (χ0v) is 13.2. The van der Waals surface area contributed by atoms with Crippen molar-refractivity contribution in [1.82, 2.24) is 0 Å². The quantitative estimate of drug-likeness (QED) is 0.596. The van der Waals surface area contributed by atoms with Crippen molar-refractivity contribution in [3.8, 4) is 11.5 Å². The number of rotatable bonds is 6. The second-order valence-corrected chi connectivity index (χ2v) is 4.79. The van der Waals surface area contributed by atoms with Gasteiger partial charge in [-0.3, -0.25) is 0 Å². The molecule has 0 aliphatic carbocycles. The molecular formula is C18H16F2O4. The highest BCUT2D eigenvalue weighted by atomic mass is 19.1. The molecule has 0 unspecified atom stereocenters. The van der Waals surface area contributed by atoms with E-state index in [1.807, 2.05) is 0 Å². The Balaban J connectivity index is 1.98. The molecular weight excluding hydrogens is 318 g/mol. The van der Waals surface area contributed by atoms with Gasteiger partial charge in [-0.15, -0.1) is 0 Å². The summed E-state index contributed by atoms with van der Waals surface area (Å²) in [5, 5.41) is 0. The molecule has 0 aliphatic rings. The lowest BCUT2D eigenvalue weighted by Gasteiger charge is -2.08. The van der Waals surface area contributed by atoms with Gasteiger partial charge in [0.15, 0.2) is 11.6 Å². The summed E-state index contributed by atoms with van der Waals surface area (Å²) in [6, 6.07) is 8.23. The fourth-order valence-corrected chi connectivity index (χ4v) is 2.01. The maximum Gasteiger partial charge on any atom is 0.331 e. The molecule has 0 spiro atoms. The predicted molar refractivity (Wildman–Crippen MR) is 84.7 cm³/mol. The van der Waals surface area contributed by atoms with Crippen molar-refractivity contribution in [2.75, 3.05) is 14.2 Å². The van der Waals surface area contributed by atoms with Gasteiger partial charge in [-0.05, 0) is 42.0 Å². The Morgan fingerprint density at radius 2 is 1.75 bits per heavy atom. The van der Waals surface area contributed by atoms with E-state index in [4.69, 9.17) is 14.2 Å². The summed E-state index contributed by atoms with van der Waals surface area (Å²) < 4.78 is 41.7. The van der Waals surface area contributed by atoms with Crippen LogP contribution in [0, 0.1) is 11.6 Å². The van der Waals surface area contributed by atoms with E-state index in [0.717, 1.165) is 6.08 Å². The summed E-state index contributed by atoms with van der Waals surface area (Å²) in [6.07, 6.45) is 2.57. The Bertz CT molecular complexity index is 757. The normalized spacial score (nSPS) is 10.7. The van der Waals surface area contributed by atoms with E-state index < -0.39 is 17.6 Å². The molecule has 0 aliphatic heterocycles.